The van der Waals surface area contributed by atoms with Crippen LogP contribution in [0, 0.1) is 0 Å². The maximum atomic E-state index is 10.2. The molecule has 0 spiro atoms. The molecule has 0 aromatic carbocycles. The summed E-state index contributed by atoms with van der Waals surface area (Å²) in [4.78, 5) is 0. The Labute approximate surface area is 50.5 Å². The Balaban J connectivity index is 3.90. The molecule has 0 atom stereocenters. The van der Waals surface area contributed by atoms with Gasteiger partial charge in [-0.3, -0.25) is 4.57 Å². The average Bonchev–Trinajstić information content (AvgIpc) is 1.67. The Hall–Kier alpha value is 0.0200. The molecule has 3 nitrogen and oxygen atoms in total. The van der Waals surface area contributed by atoms with Crippen LogP contribution in [0.1, 0.15) is 13.8 Å². The first-order chi connectivity index (χ1) is 3.50. The summed E-state index contributed by atoms with van der Waals surface area (Å²) in [7, 11) is 1.39. The van der Waals surface area contributed by atoms with E-state index in [0.717, 1.165) is 5.06 Å². The van der Waals surface area contributed by atoms with E-state index in [2.05, 4.69) is 0 Å². The molecule has 0 aliphatic carbocycles. The third kappa shape index (κ3) is 1.86. The van der Waals surface area contributed by atoms with Gasteiger partial charge in [-0.15, -0.1) is 0 Å². The second-order valence-electron chi connectivity index (χ2n) is 2.11. The van der Waals surface area contributed by atoms with Crippen LogP contribution in [0.2, 0.25) is 0 Å². The van der Waals surface area contributed by atoms with Crippen LogP contribution in [-0.2, 0) is 4.57 Å². The number of rotatable bonds is 2. The summed E-state index contributed by atoms with van der Waals surface area (Å²) in [6.45, 7) is 3.34. The highest BCUT2D eigenvalue weighted by molar-refractivity contribution is 7.25. The molecule has 0 saturated carbocycles. The molecule has 0 aromatic heterocycles. The van der Waals surface area contributed by atoms with Crippen molar-refractivity contribution in [2.45, 2.75) is 19.1 Å². The molecule has 0 fully saturated rings. The SMILES string of the molecule is CN(O)C(C)(C)P=O. The van der Waals surface area contributed by atoms with Gasteiger partial charge in [0.1, 0.15) is 5.28 Å². The van der Waals surface area contributed by atoms with Crippen molar-refractivity contribution in [3.63, 3.8) is 0 Å². The molecular weight excluding hydrogens is 125 g/mol. The summed E-state index contributed by atoms with van der Waals surface area (Å²) in [6.07, 6.45) is 0. The summed E-state index contributed by atoms with van der Waals surface area (Å²) in [5.74, 6) is 0. The smallest absolute Gasteiger partial charge is 0.179 e. The van der Waals surface area contributed by atoms with E-state index in [9.17, 15) is 4.57 Å². The zero-order valence-corrected chi connectivity index (χ0v) is 6.14. The minimum absolute atomic E-state index is 0.0741. The first-order valence-electron chi connectivity index (χ1n) is 2.28. The van der Waals surface area contributed by atoms with E-state index in [-0.39, 0.29) is 8.46 Å². The Morgan fingerprint density at radius 2 is 2.00 bits per heavy atom. The number of hydrogen-bond acceptors (Lipinski definition) is 3. The Morgan fingerprint density at radius 1 is 1.62 bits per heavy atom. The van der Waals surface area contributed by atoms with Crippen molar-refractivity contribution in [2.75, 3.05) is 7.05 Å². The molecule has 0 radical (unpaired) electrons. The molecule has 0 unspecified atom stereocenters. The quantitative estimate of drug-likeness (QED) is 0.458. The van der Waals surface area contributed by atoms with Crippen LogP contribution in [0.5, 0.6) is 0 Å². The van der Waals surface area contributed by atoms with Gasteiger partial charge in [0.2, 0.25) is 0 Å². The van der Waals surface area contributed by atoms with E-state index < -0.39 is 5.28 Å². The maximum Gasteiger partial charge on any atom is 0.179 e. The number of hydroxylamine groups is 2. The second kappa shape index (κ2) is 2.53. The van der Waals surface area contributed by atoms with E-state index >= 15 is 0 Å². The summed E-state index contributed by atoms with van der Waals surface area (Å²) < 4.78 is 10.2. The highest BCUT2D eigenvalue weighted by Crippen LogP contribution is 2.22. The molecule has 0 bridgehead atoms. The van der Waals surface area contributed by atoms with Gasteiger partial charge in [0, 0.05) is 7.05 Å². The largest absolute Gasteiger partial charge is 0.313 e. The fourth-order valence-corrected chi connectivity index (χ4v) is 0.177. The minimum atomic E-state index is -0.653. The van der Waals surface area contributed by atoms with Crippen LogP contribution in [0.3, 0.4) is 0 Å². The molecule has 0 aromatic rings. The molecule has 0 amide bonds. The first-order valence-corrected chi connectivity index (χ1v) is 3.09. The zero-order chi connectivity index (χ0) is 6.78. The monoisotopic (exact) mass is 135 g/mol. The average molecular weight is 135 g/mol. The van der Waals surface area contributed by atoms with Gasteiger partial charge in [0.15, 0.2) is 8.46 Å². The van der Waals surface area contributed by atoms with E-state index in [4.69, 9.17) is 5.21 Å². The molecule has 0 saturated heterocycles. The highest BCUT2D eigenvalue weighted by atomic mass is 31.1. The molecule has 0 heterocycles. The lowest BCUT2D eigenvalue weighted by Crippen LogP contribution is -2.32. The van der Waals surface area contributed by atoms with E-state index in [1.807, 2.05) is 0 Å². The Morgan fingerprint density at radius 3 is 2.00 bits per heavy atom. The fourth-order valence-electron chi connectivity index (χ4n) is 0.0591. The van der Waals surface area contributed by atoms with Gasteiger partial charge in [-0.05, 0) is 13.8 Å². The summed E-state index contributed by atoms with van der Waals surface area (Å²) in [5.41, 5.74) is 0. The van der Waals surface area contributed by atoms with Gasteiger partial charge >= 0.3 is 0 Å². The van der Waals surface area contributed by atoms with Gasteiger partial charge in [-0.25, -0.2) is 0 Å². The van der Waals surface area contributed by atoms with Crippen LogP contribution in [0.25, 0.3) is 0 Å². The molecule has 8 heavy (non-hydrogen) atoms. The standard InChI is InChI=1S/C4H10NO2P/c1-4(2,8-7)5(3)6/h6H,1-3H3. The molecule has 0 aliphatic heterocycles. The lowest BCUT2D eigenvalue weighted by Gasteiger charge is -2.21. The lowest BCUT2D eigenvalue weighted by molar-refractivity contribution is -0.106. The van der Waals surface area contributed by atoms with Crippen molar-refractivity contribution in [3.05, 3.63) is 0 Å². The third-order valence-corrected chi connectivity index (χ3v) is 1.75. The van der Waals surface area contributed by atoms with Gasteiger partial charge < -0.3 is 5.21 Å². The van der Waals surface area contributed by atoms with Crippen molar-refractivity contribution < 1.29 is 9.77 Å². The van der Waals surface area contributed by atoms with Crippen molar-refractivity contribution in [1.29, 1.82) is 0 Å². The van der Waals surface area contributed by atoms with Crippen molar-refractivity contribution in [3.8, 4) is 0 Å². The number of hydrogen-bond donors (Lipinski definition) is 1. The summed E-state index contributed by atoms with van der Waals surface area (Å²) >= 11 is 0. The summed E-state index contributed by atoms with van der Waals surface area (Å²) in [6, 6.07) is 0. The normalized spacial score (nSPS) is 13.1. The van der Waals surface area contributed by atoms with Gasteiger partial charge in [0.05, 0.1) is 0 Å². The van der Waals surface area contributed by atoms with E-state index in [1.165, 1.54) is 7.05 Å². The molecular formula is C4H10NO2P. The highest BCUT2D eigenvalue weighted by Gasteiger charge is 2.21. The van der Waals surface area contributed by atoms with Gasteiger partial charge in [0.25, 0.3) is 0 Å². The van der Waals surface area contributed by atoms with Crippen LogP contribution in [0.15, 0.2) is 0 Å². The van der Waals surface area contributed by atoms with Crippen molar-refractivity contribution >= 4 is 8.46 Å². The zero-order valence-electron chi connectivity index (χ0n) is 5.25. The minimum Gasteiger partial charge on any atom is -0.313 e. The lowest BCUT2D eigenvalue weighted by atomic mass is 10.4. The van der Waals surface area contributed by atoms with Gasteiger partial charge in [-0.1, -0.05) is 0 Å². The Bertz CT molecular complexity index is 92.0. The van der Waals surface area contributed by atoms with Crippen LogP contribution in [0.4, 0.5) is 0 Å². The van der Waals surface area contributed by atoms with E-state index in [0.29, 0.717) is 0 Å². The summed E-state index contributed by atoms with van der Waals surface area (Å²) in [5, 5.41) is 8.97. The number of nitrogens with zero attached hydrogens (tertiary/aromatic N) is 1. The van der Waals surface area contributed by atoms with E-state index in [1.54, 1.807) is 13.8 Å². The van der Waals surface area contributed by atoms with Crippen LogP contribution < -0.4 is 0 Å². The molecule has 4 heteroatoms. The van der Waals surface area contributed by atoms with Crippen LogP contribution >= 0.6 is 8.46 Å². The van der Waals surface area contributed by atoms with Gasteiger partial charge in [-0.2, -0.15) is 5.06 Å². The second-order valence-corrected chi connectivity index (χ2v) is 3.39. The first kappa shape index (κ1) is 8.02. The molecule has 1 N–H and O–H groups in total. The molecule has 0 rings (SSSR count). The Kier molecular flexibility index (Phi) is 2.54. The van der Waals surface area contributed by atoms with Crippen molar-refractivity contribution in [2.24, 2.45) is 0 Å². The molecule has 48 valence electrons. The predicted molar refractivity (Wildman–Crippen MR) is 31.2 cm³/mol. The topological polar surface area (TPSA) is 40.5 Å². The molecule has 0 aliphatic rings. The predicted octanol–water partition coefficient (Wildman–Crippen LogP) is 1.34. The van der Waals surface area contributed by atoms with Crippen molar-refractivity contribution in [1.82, 2.24) is 5.06 Å². The van der Waals surface area contributed by atoms with Crippen LogP contribution in [-0.4, -0.2) is 22.6 Å². The fraction of sp³-hybridized carbons (Fsp3) is 1.00. The third-order valence-electron chi connectivity index (χ3n) is 1.02. The maximum absolute atomic E-state index is 10.2.